The van der Waals surface area contributed by atoms with Gasteiger partial charge in [-0.1, -0.05) is 18.2 Å². The number of fused-ring (bicyclic) bond motifs is 1. The van der Waals surface area contributed by atoms with Gasteiger partial charge >= 0.3 is 0 Å². The van der Waals surface area contributed by atoms with E-state index < -0.39 is 0 Å². The van der Waals surface area contributed by atoms with Crippen molar-refractivity contribution in [3.63, 3.8) is 0 Å². The lowest BCUT2D eigenvalue weighted by molar-refractivity contribution is -0.0252. The number of furan rings is 1. The summed E-state index contributed by atoms with van der Waals surface area (Å²) >= 11 is 0. The van der Waals surface area contributed by atoms with Gasteiger partial charge in [0.1, 0.15) is 29.2 Å². The van der Waals surface area contributed by atoms with Crippen molar-refractivity contribution in [2.75, 3.05) is 20.7 Å². The molecule has 7 nitrogen and oxygen atoms in total. The van der Waals surface area contributed by atoms with Crippen LogP contribution in [0.1, 0.15) is 35.7 Å². The fourth-order valence-corrected chi connectivity index (χ4v) is 4.47. The number of benzene rings is 2. The molecule has 1 amide bonds. The second-order valence-electron chi connectivity index (χ2n) is 9.23. The van der Waals surface area contributed by atoms with Crippen molar-refractivity contribution in [3.8, 4) is 34.3 Å². The lowest BCUT2D eigenvalue weighted by Gasteiger charge is -2.28. The van der Waals surface area contributed by atoms with Gasteiger partial charge in [0.15, 0.2) is 5.58 Å². The van der Waals surface area contributed by atoms with Gasteiger partial charge in [0, 0.05) is 55.9 Å². The van der Waals surface area contributed by atoms with Gasteiger partial charge in [0.2, 0.25) is 0 Å². The van der Waals surface area contributed by atoms with Crippen LogP contribution in [0.4, 0.5) is 0 Å². The molecule has 1 aliphatic rings. The minimum Gasteiger partial charge on any atom is -0.489 e. The third-order valence-corrected chi connectivity index (χ3v) is 6.38. The molecule has 3 heterocycles. The standard InChI is InChI=1S/C29H27N3O4/c1-18-14-23(11-13-34-18)35-26-9-8-21(15-22(26)17-30)24-10-12-31-25-16-27(36-28(24)25)19-4-6-20(7-5-19)29(33)32(2)3/h4-10,12,15-16,18,23H,11,13-14H2,1-3H3. The second kappa shape index (κ2) is 9.84. The highest BCUT2D eigenvalue weighted by Crippen LogP contribution is 2.36. The molecule has 1 fully saturated rings. The normalized spacial score (nSPS) is 17.5. The van der Waals surface area contributed by atoms with Gasteiger partial charge in [-0.2, -0.15) is 5.26 Å². The third kappa shape index (κ3) is 4.68. The summed E-state index contributed by atoms with van der Waals surface area (Å²) in [6, 6.07) is 19.0. The quantitative estimate of drug-likeness (QED) is 0.364. The van der Waals surface area contributed by atoms with E-state index in [2.05, 4.69) is 11.1 Å². The van der Waals surface area contributed by atoms with E-state index in [1.165, 1.54) is 0 Å². The van der Waals surface area contributed by atoms with Gasteiger partial charge in [-0.25, -0.2) is 0 Å². The molecule has 0 radical (unpaired) electrons. The fraction of sp³-hybridized carbons (Fsp3) is 0.276. The van der Waals surface area contributed by atoms with Crippen LogP contribution in [-0.4, -0.2) is 48.7 Å². The average molecular weight is 482 g/mol. The first-order chi connectivity index (χ1) is 17.4. The van der Waals surface area contributed by atoms with Crippen LogP contribution in [0.25, 0.3) is 33.6 Å². The van der Waals surface area contributed by atoms with Crippen LogP contribution in [0.2, 0.25) is 0 Å². The number of ether oxygens (including phenoxy) is 2. The second-order valence-corrected chi connectivity index (χ2v) is 9.23. The summed E-state index contributed by atoms with van der Waals surface area (Å²) < 4.78 is 18.0. The van der Waals surface area contributed by atoms with Crippen molar-refractivity contribution < 1.29 is 18.7 Å². The first kappa shape index (κ1) is 23.6. The molecular weight excluding hydrogens is 454 g/mol. The average Bonchev–Trinajstić information content (AvgIpc) is 3.33. The predicted octanol–water partition coefficient (Wildman–Crippen LogP) is 5.68. The SMILES string of the molecule is CC1CC(Oc2ccc(-c3ccnc4cc(-c5ccc(C(=O)N(C)C)cc5)oc34)cc2C#N)CCO1. The number of hydrogen-bond acceptors (Lipinski definition) is 6. The van der Waals surface area contributed by atoms with Gasteiger partial charge in [-0.3, -0.25) is 9.78 Å². The lowest BCUT2D eigenvalue weighted by atomic mass is 10.0. The van der Waals surface area contributed by atoms with Crippen molar-refractivity contribution in [2.24, 2.45) is 0 Å². The number of nitrogens with zero attached hydrogens (tertiary/aromatic N) is 3. The Bertz CT molecular complexity index is 1450. The van der Waals surface area contributed by atoms with Crippen molar-refractivity contribution >= 4 is 17.0 Å². The topological polar surface area (TPSA) is 88.6 Å². The maximum Gasteiger partial charge on any atom is 0.253 e. The van der Waals surface area contributed by atoms with E-state index in [0.29, 0.717) is 40.3 Å². The van der Waals surface area contributed by atoms with Gasteiger partial charge in [-0.15, -0.1) is 0 Å². The summed E-state index contributed by atoms with van der Waals surface area (Å²) in [7, 11) is 3.45. The number of carbonyl (C=O) groups excluding carboxylic acids is 1. The number of amides is 1. The number of rotatable bonds is 5. The molecule has 0 N–H and O–H groups in total. The highest BCUT2D eigenvalue weighted by molar-refractivity contribution is 5.95. The molecule has 7 heteroatoms. The van der Waals surface area contributed by atoms with E-state index in [1.807, 2.05) is 49.4 Å². The summed E-state index contributed by atoms with van der Waals surface area (Å²) in [5.41, 5.74) is 4.97. The van der Waals surface area contributed by atoms with E-state index in [-0.39, 0.29) is 18.1 Å². The number of hydrogen-bond donors (Lipinski definition) is 0. The number of aromatic nitrogens is 1. The van der Waals surface area contributed by atoms with Crippen molar-refractivity contribution in [1.82, 2.24) is 9.88 Å². The van der Waals surface area contributed by atoms with Crippen LogP contribution in [-0.2, 0) is 4.74 Å². The summed E-state index contributed by atoms with van der Waals surface area (Å²) in [5, 5.41) is 9.82. The maximum atomic E-state index is 12.2. The Kier molecular flexibility index (Phi) is 6.45. The highest BCUT2D eigenvalue weighted by atomic mass is 16.5. The smallest absolute Gasteiger partial charge is 0.253 e. The Morgan fingerprint density at radius 3 is 2.61 bits per heavy atom. The molecule has 2 unspecified atom stereocenters. The van der Waals surface area contributed by atoms with Crippen molar-refractivity contribution in [1.29, 1.82) is 5.26 Å². The summed E-state index contributed by atoms with van der Waals surface area (Å²) in [6.07, 6.45) is 3.52. The zero-order chi connectivity index (χ0) is 25.2. The van der Waals surface area contributed by atoms with E-state index in [0.717, 1.165) is 29.5 Å². The van der Waals surface area contributed by atoms with Crippen LogP contribution in [0, 0.1) is 11.3 Å². The molecule has 0 aliphatic carbocycles. The Morgan fingerprint density at radius 2 is 1.89 bits per heavy atom. The van der Waals surface area contributed by atoms with Crippen LogP contribution >= 0.6 is 0 Å². The predicted molar refractivity (Wildman–Crippen MR) is 137 cm³/mol. The first-order valence-electron chi connectivity index (χ1n) is 12.0. The van der Waals surface area contributed by atoms with Crippen LogP contribution < -0.4 is 4.74 Å². The van der Waals surface area contributed by atoms with Gasteiger partial charge in [0.05, 0.1) is 18.3 Å². The Labute approximate surface area is 209 Å². The van der Waals surface area contributed by atoms with Crippen LogP contribution in [0.3, 0.4) is 0 Å². The zero-order valence-electron chi connectivity index (χ0n) is 20.5. The minimum atomic E-state index is -0.0536. The van der Waals surface area contributed by atoms with E-state index in [1.54, 1.807) is 37.3 Å². The molecule has 5 rings (SSSR count). The van der Waals surface area contributed by atoms with E-state index >= 15 is 0 Å². The Hall–Kier alpha value is -4.15. The van der Waals surface area contributed by atoms with Crippen LogP contribution in [0.5, 0.6) is 5.75 Å². The van der Waals surface area contributed by atoms with Crippen molar-refractivity contribution in [3.05, 3.63) is 71.9 Å². The van der Waals surface area contributed by atoms with Gasteiger partial charge < -0.3 is 18.8 Å². The zero-order valence-corrected chi connectivity index (χ0v) is 20.5. The summed E-state index contributed by atoms with van der Waals surface area (Å²) in [6.45, 7) is 2.70. The van der Waals surface area contributed by atoms with Crippen molar-refractivity contribution in [2.45, 2.75) is 32.0 Å². The number of pyridine rings is 1. The molecule has 0 bridgehead atoms. The molecule has 0 spiro atoms. The monoisotopic (exact) mass is 481 g/mol. The Balaban J connectivity index is 1.45. The fourth-order valence-electron chi connectivity index (χ4n) is 4.47. The van der Waals surface area contributed by atoms with Crippen LogP contribution in [0.15, 0.2) is 65.2 Å². The molecular formula is C29H27N3O4. The lowest BCUT2D eigenvalue weighted by Crippen LogP contribution is -2.31. The largest absolute Gasteiger partial charge is 0.489 e. The number of nitriles is 1. The molecule has 0 saturated carbocycles. The summed E-state index contributed by atoms with van der Waals surface area (Å²) in [4.78, 5) is 18.2. The minimum absolute atomic E-state index is 0.0337. The van der Waals surface area contributed by atoms with Gasteiger partial charge in [0.25, 0.3) is 5.91 Å². The molecule has 1 aliphatic heterocycles. The van der Waals surface area contributed by atoms with Gasteiger partial charge in [-0.05, 0) is 42.8 Å². The maximum absolute atomic E-state index is 12.2. The molecule has 2 atom stereocenters. The molecule has 4 aromatic rings. The first-order valence-corrected chi connectivity index (χ1v) is 12.0. The molecule has 2 aromatic heterocycles. The van der Waals surface area contributed by atoms with E-state index in [9.17, 15) is 10.1 Å². The molecule has 2 aromatic carbocycles. The third-order valence-electron chi connectivity index (χ3n) is 6.38. The Morgan fingerprint density at radius 1 is 1.11 bits per heavy atom. The molecule has 182 valence electrons. The molecule has 36 heavy (non-hydrogen) atoms. The van der Waals surface area contributed by atoms with E-state index in [4.69, 9.17) is 13.9 Å². The highest BCUT2D eigenvalue weighted by Gasteiger charge is 2.22. The molecule has 1 saturated heterocycles. The number of carbonyl (C=O) groups is 1. The summed E-state index contributed by atoms with van der Waals surface area (Å²) in [5.74, 6) is 1.18.